The zero-order valence-electron chi connectivity index (χ0n) is 11.9. The summed E-state index contributed by atoms with van der Waals surface area (Å²) in [6, 6.07) is 3.49. The number of carbonyl (C=O) groups is 1. The number of hydrogen-bond donors (Lipinski definition) is 2. The number of halogens is 3. The minimum Gasteiger partial charge on any atom is -0.338 e. The molecule has 0 aromatic heterocycles. The average molecular weight is 301 g/mol. The first-order valence-corrected chi connectivity index (χ1v) is 6.71. The van der Waals surface area contributed by atoms with Gasteiger partial charge in [-0.2, -0.15) is 13.2 Å². The zero-order valence-corrected chi connectivity index (χ0v) is 11.9. The number of rotatable bonds is 2. The van der Waals surface area contributed by atoms with Gasteiger partial charge in [-0.3, -0.25) is 10.6 Å². The van der Waals surface area contributed by atoms with E-state index >= 15 is 0 Å². The Morgan fingerprint density at radius 1 is 1.29 bits per heavy atom. The van der Waals surface area contributed by atoms with Gasteiger partial charge < -0.3 is 10.3 Å². The molecule has 1 heterocycles. The molecule has 0 spiro atoms. The Labute approximate surface area is 121 Å². The second kappa shape index (κ2) is 5.55. The minimum absolute atomic E-state index is 0.0476. The number of amides is 1. The van der Waals surface area contributed by atoms with Gasteiger partial charge >= 0.3 is 6.18 Å². The normalized spacial score (nSPS) is 22.5. The number of hydrazine groups is 1. The third-order valence-electron chi connectivity index (χ3n) is 4.02. The summed E-state index contributed by atoms with van der Waals surface area (Å²) in [5.41, 5.74) is 0.675. The van der Waals surface area contributed by atoms with Crippen molar-refractivity contribution in [2.75, 3.05) is 18.5 Å². The van der Waals surface area contributed by atoms with Gasteiger partial charge in [0.25, 0.3) is 5.91 Å². The highest BCUT2D eigenvalue weighted by Crippen LogP contribution is 2.37. The molecule has 1 aliphatic rings. The predicted octanol–water partition coefficient (Wildman–Crippen LogP) is 2.72. The number of benzene rings is 1. The number of nitrogen functional groups attached to an aromatic ring is 1. The van der Waals surface area contributed by atoms with Gasteiger partial charge in [0.1, 0.15) is 0 Å². The standard InChI is InChI=1S/C14H18F3N3O/c1-8-6-20(7-9(8)2)13(21)10-4-3-5-11(12(10)19-18)14(15,16)17/h3-5,8-9,19H,6-7,18H2,1-2H3. The summed E-state index contributed by atoms with van der Waals surface area (Å²) in [6.45, 7) is 5.12. The fraction of sp³-hybridized carbons (Fsp3) is 0.500. The Hall–Kier alpha value is -1.76. The number of hydrogen-bond acceptors (Lipinski definition) is 3. The van der Waals surface area contributed by atoms with E-state index in [0.717, 1.165) is 6.07 Å². The summed E-state index contributed by atoms with van der Waals surface area (Å²) in [5, 5.41) is 0. The van der Waals surface area contributed by atoms with E-state index in [9.17, 15) is 18.0 Å². The van der Waals surface area contributed by atoms with Gasteiger partial charge in [0.05, 0.1) is 16.8 Å². The largest absolute Gasteiger partial charge is 0.418 e. The van der Waals surface area contributed by atoms with Gasteiger partial charge in [0, 0.05) is 13.1 Å². The summed E-state index contributed by atoms with van der Waals surface area (Å²) >= 11 is 0. The number of alkyl halides is 3. The molecule has 1 fully saturated rings. The lowest BCUT2D eigenvalue weighted by Gasteiger charge is -2.20. The van der Waals surface area contributed by atoms with Crippen LogP contribution in [0.2, 0.25) is 0 Å². The summed E-state index contributed by atoms with van der Waals surface area (Å²) in [7, 11) is 0. The van der Waals surface area contributed by atoms with E-state index < -0.39 is 17.6 Å². The minimum atomic E-state index is -4.57. The molecule has 7 heteroatoms. The van der Waals surface area contributed by atoms with Crippen molar-refractivity contribution in [3.63, 3.8) is 0 Å². The first kappa shape index (κ1) is 15.6. The molecule has 1 aromatic carbocycles. The molecular weight excluding hydrogens is 283 g/mol. The molecule has 0 saturated carbocycles. The number of carbonyl (C=O) groups excluding carboxylic acids is 1. The molecule has 4 nitrogen and oxygen atoms in total. The Bertz CT molecular complexity index is 535. The number of nitrogens with two attached hydrogens (primary N) is 1. The van der Waals surface area contributed by atoms with Crippen LogP contribution in [0.5, 0.6) is 0 Å². The Balaban J connectivity index is 2.38. The third-order valence-corrected chi connectivity index (χ3v) is 4.02. The van der Waals surface area contributed by atoms with E-state index in [2.05, 4.69) is 0 Å². The molecule has 116 valence electrons. The van der Waals surface area contributed by atoms with Gasteiger partial charge in [-0.05, 0) is 24.0 Å². The van der Waals surface area contributed by atoms with Crippen molar-refractivity contribution in [3.8, 4) is 0 Å². The van der Waals surface area contributed by atoms with Crippen LogP contribution >= 0.6 is 0 Å². The number of anilines is 1. The van der Waals surface area contributed by atoms with Crippen LogP contribution in [0.15, 0.2) is 18.2 Å². The van der Waals surface area contributed by atoms with Crippen LogP contribution in [-0.2, 0) is 6.18 Å². The Kier molecular flexibility index (Phi) is 4.13. The fourth-order valence-corrected chi connectivity index (χ4v) is 2.59. The van der Waals surface area contributed by atoms with Crippen molar-refractivity contribution >= 4 is 11.6 Å². The molecule has 0 aliphatic carbocycles. The number of nitrogens with zero attached hydrogens (tertiary/aromatic N) is 1. The van der Waals surface area contributed by atoms with Crippen LogP contribution in [0.25, 0.3) is 0 Å². The van der Waals surface area contributed by atoms with Gasteiger partial charge in [0.2, 0.25) is 0 Å². The maximum absolute atomic E-state index is 13.0. The van der Waals surface area contributed by atoms with Crippen molar-refractivity contribution in [3.05, 3.63) is 29.3 Å². The highest BCUT2D eigenvalue weighted by Gasteiger charge is 2.37. The molecule has 1 aromatic rings. The second-order valence-electron chi connectivity index (χ2n) is 5.53. The van der Waals surface area contributed by atoms with E-state index in [0.29, 0.717) is 24.9 Å². The van der Waals surface area contributed by atoms with Gasteiger partial charge in [-0.25, -0.2) is 0 Å². The van der Waals surface area contributed by atoms with Crippen molar-refractivity contribution < 1.29 is 18.0 Å². The lowest BCUT2D eigenvalue weighted by Crippen LogP contribution is -2.30. The highest BCUT2D eigenvalue weighted by molar-refractivity contribution is 6.00. The van der Waals surface area contributed by atoms with E-state index in [1.54, 1.807) is 4.90 Å². The van der Waals surface area contributed by atoms with E-state index in [4.69, 9.17) is 5.84 Å². The molecule has 0 bridgehead atoms. The molecule has 1 amide bonds. The van der Waals surface area contributed by atoms with E-state index in [1.807, 2.05) is 19.3 Å². The van der Waals surface area contributed by atoms with Gasteiger partial charge in [-0.15, -0.1) is 0 Å². The van der Waals surface area contributed by atoms with E-state index in [1.165, 1.54) is 12.1 Å². The van der Waals surface area contributed by atoms with Crippen molar-refractivity contribution in [1.82, 2.24) is 4.90 Å². The molecule has 2 rings (SSSR count). The summed E-state index contributed by atoms with van der Waals surface area (Å²) in [4.78, 5) is 14.0. The lowest BCUT2D eigenvalue weighted by molar-refractivity contribution is -0.137. The first-order chi connectivity index (χ1) is 9.75. The van der Waals surface area contributed by atoms with Crippen LogP contribution in [0.4, 0.5) is 18.9 Å². The fourth-order valence-electron chi connectivity index (χ4n) is 2.59. The smallest absolute Gasteiger partial charge is 0.338 e. The van der Waals surface area contributed by atoms with Crippen molar-refractivity contribution in [1.29, 1.82) is 0 Å². The number of likely N-dealkylation sites (tertiary alicyclic amines) is 1. The molecular formula is C14H18F3N3O. The molecule has 2 unspecified atom stereocenters. The molecule has 21 heavy (non-hydrogen) atoms. The summed E-state index contributed by atoms with van der Waals surface area (Å²) in [5.74, 6) is 5.45. The third kappa shape index (κ3) is 2.97. The second-order valence-corrected chi connectivity index (χ2v) is 5.53. The Morgan fingerprint density at radius 3 is 2.33 bits per heavy atom. The average Bonchev–Trinajstić information content (AvgIpc) is 2.76. The summed E-state index contributed by atoms with van der Waals surface area (Å²) in [6.07, 6.45) is -4.57. The molecule has 1 saturated heterocycles. The SMILES string of the molecule is CC1CN(C(=O)c2cccc(C(F)(F)F)c2NN)CC1C. The first-order valence-electron chi connectivity index (χ1n) is 6.71. The van der Waals surface area contributed by atoms with Gasteiger partial charge in [-0.1, -0.05) is 19.9 Å². The maximum atomic E-state index is 13.0. The van der Waals surface area contributed by atoms with Crippen LogP contribution in [0, 0.1) is 11.8 Å². The van der Waals surface area contributed by atoms with Crippen LogP contribution in [0.1, 0.15) is 29.8 Å². The Morgan fingerprint density at radius 2 is 1.86 bits per heavy atom. The number of nitrogens with one attached hydrogen (secondary N) is 1. The monoisotopic (exact) mass is 301 g/mol. The predicted molar refractivity (Wildman–Crippen MR) is 73.5 cm³/mol. The van der Waals surface area contributed by atoms with Crippen molar-refractivity contribution in [2.45, 2.75) is 20.0 Å². The zero-order chi connectivity index (χ0) is 15.8. The van der Waals surface area contributed by atoms with Crippen molar-refractivity contribution in [2.24, 2.45) is 17.7 Å². The molecule has 0 radical (unpaired) electrons. The quantitative estimate of drug-likeness (QED) is 0.652. The lowest BCUT2D eigenvalue weighted by atomic mass is 10.0. The van der Waals surface area contributed by atoms with Gasteiger partial charge in [0.15, 0.2) is 0 Å². The van der Waals surface area contributed by atoms with Crippen LogP contribution in [-0.4, -0.2) is 23.9 Å². The maximum Gasteiger partial charge on any atom is 0.418 e. The topological polar surface area (TPSA) is 58.4 Å². The molecule has 3 N–H and O–H groups in total. The molecule has 2 atom stereocenters. The highest BCUT2D eigenvalue weighted by atomic mass is 19.4. The van der Waals surface area contributed by atoms with Crippen LogP contribution < -0.4 is 11.3 Å². The summed E-state index contributed by atoms with van der Waals surface area (Å²) < 4.78 is 38.9. The van der Waals surface area contributed by atoms with E-state index in [-0.39, 0.29) is 11.3 Å². The van der Waals surface area contributed by atoms with Crippen LogP contribution in [0.3, 0.4) is 0 Å². The number of para-hydroxylation sites is 1. The molecule has 1 aliphatic heterocycles.